The number of carbonyl (C=O) groups is 1. The molecule has 1 amide bonds. The van der Waals surface area contributed by atoms with Crippen molar-refractivity contribution in [2.75, 3.05) is 5.32 Å². The summed E-state index contributed by atoms with van der Waals surface area (Å²) >= 11 is 2.05. The molecule has 0 fully saturated rings. The van der Waals surface area contributed by atoms with Gasteiger partial charge in [-0.3, -0.25) is 9.78 Å². The number of nitrogens with zero attached hydrogens (tertiary/aromatic N) is 6. The molecule has 0 saturated carbocycles. The number of fused-ring (bicyclic) bond motifs is 2. The van der Waals surface area contributed by atoms with E-state index in [9.17, 15) is 13.6 Å². The Kier molecular flexibility index (Phi) is 4.69. The summed E-state index contributed by atoms with van der Waals surface area (Å²) in [6, 6.07) is 4.13. The number of nitrogens with one attached hydrogen (secondary N) is 1. The van der Waals surface area contributed by atoms with Gasteiger partial charge in [0.2, 0.25) is 5.91 Å². The van der Waals surface area contributed by atoms with Gasteiger partial charge in [-0.2, -0.15) is 5.10 Å². The minimum absolute atomic E-state index is 0.00690. The average molecular weight is 547 g/mol. The van der Waals surface area contributed by atoms with Crippen molar-refractivity contribution in [3.8, 4) is 11.5 Å². The fourth-order valence-corrected chi connectivity index (χ4v) is 4.83. The van der Waals surface area contributed by atoms with E-state index in [1.54, 1.807) is 20.8 Å². The van der Waals surface area contributed by atoms with Gasteiger partial charge in [0, 0.05) is 11.8 Å². The summed E-state index contributed by atoms with van der Waals surface area (Å²) < 4.78 is 30.7. The molecule has 1 aliphatic heterocycles. The third-order valence-electron chi connectivity index (χ3n) is 5.49. The minimum atomic E-state index is -0.771. The fourth-order valence-electron chi connectivity index (χ4n) is 3.67. The van der Waals surface area contributed by atoms with Gasteiger partial charge in [0.25, 0.3) is 0 Å². The maximum Gasteiger partial charge on any atom is 0.235 e. The predicted molar refractivity (Wildman–Crippen MR) is 121 cm³/mol. The molecule has 32 heavy (non-hydrogen) atoms. The normalized spacial score (nSPS) is 14.6. The van der Waals surface area contributed by atoms with Crippen LogP contribution in [0.4, 0.5) is 14.6 Å². The Labute approximate surface area is 194 Å². The molecule has 162 valence electrons. The predicted octanol–water partition coefficient (Wildman–Crippen LogP) is 3.75. The number of rotatable bonds is 3. The van der Waals surface area contributed by atoms with Crippen molar-refractivity contribution in [2.24, 2.45) is 0 Å². The van der Waals surface area contributed by atoms with Crippen LogP contribution in [0.3, 0.4) is 0 Å². The molecule has 1 N–H and O–H groups in total. The molecular weight excluding hydrogens is 531 g/mol. The molecule has 8 nitrogen and oxygen atoms in total. The van der Waals surface area contributed by atoms with Crippen LogP contribution in [-0.2, 0) is 16.8 Å². The SMILES string of the molecule is Cc1nc2c(cc1F)c(-c1nc(I)c3c(n1)NC(=O)C3(C)C)nn2Cc1ncccc1F. The molecule has 4 aromatic heterocycles. The highest BCUT2D eigenvalue weighted by Crippen LogP contribution is 2.40. The lowest BCUT2D eigenvalue weighted by molar-refractivity contribution is -0.119. The van der Waals surface area contributed by atoms with E-state index in [0.717, 1.165) is 0 Å². The number of anilines is 1. The van der Waals surface area contributed by atoms with E-state index < -0.39 is 17.0 Å². The molecular formula is C21H16F2IN7O. The van der Waals surface area contributed by atoms with Crippen LogP contribution in [0.2, 0.25) is 0 Å². The Morgan fingerprint density at radius 1 is 1.19 bits per heavy atom. The molecule has 0 spiro atoms. The van der Waals surface area contributed by atoms with E-state index in [4.69, 9.17) is 0 Å². The zero-order valence-electron chi connectivity index (χ0n) is 17.2. The summed E-state index contributed by atoms with van der Waals surface area (Å²) in [5, 5.41) is 7.70. The van der Waals surface area contributed by atoms with E-state index in [1.807, 2.05) is 0 Å². The second kappa shape index (κ2) is 7.22. The Balaban J connectivity index is 1.71. The summed E-state index contributed by atoms with van der Waals surface area (Å²) in [5.41, 5.74) is 0.921. The van der Waals surface area contributed by atoms with Gasteiger partial charge in [0.15, 0.2) is 11.5 Å². The molecule has 0 aliphatic carbocycles. The first-order valence-corrected chi connectivity index (χ1v) is 10.8. The van der Waals surface area contributed by atoms with Gasteiger partial charge in [-0.15, -0.1) is 0 Å². The van der Waals surface area contributed by atoms with Gasteiger partial charge in [0.05, 0.1) is 28.7 Å². The number of aryl methyl sites for hydroxylation is 1. The number of hydrogen-bond donors (Lipinski definition) is 1. The fraction of sp³-hybridized carbons (Fsp3) is 0.238. The number of carbonyl (C=O) groups excluding carboxylic acids is 1. The van der Waals surface area contributed by atoms with Gasteiger partial charge in [0.1, 0.15) is 26.8 Å². The van der Waals surface area contributed by atoms with Gasteiger partial charge < -0.3 is 5.32 Å². The number of hydrogen-bond acceptors (Lipinski definition) is 6. The first-order chi connectivity index (χ1) is 15.2. The summed E-state index contributed by atoms with van der Waals surface area (Å²) in [6.07, 6.45) is 1.49. The minimum Gasteiger partial charge on any atom is -0.310 e. The van der Waals surface area contributed by atoms with Crippen LogP contribution in [0.5, 0.6) is 0 Å². The van der Waals surface area contributed by atoms with Crippen molar-refractivity contribution in [3.05, 3.63) is 56.7 Å². The Hall–Kier alpha value is -3.09. The molecule has 1 aliphatic rings. The van der Waals surface area contributed by atoms with Crippen molar-refractivity contribution in [3.63, 3.8) is 0 Å². The molecule has 5 rings (SSSR count). The molecule has 0 aromatic carbocycles. The van der Waals surface area contributed by atoms with Gasteiger partial charge in [-0.05, 0) is 61.6 Å². The summed E-state index contributed by atoms with van der Waals surface area (Å²) in [7, 11) is 0. The van der Waals surface area contributed by atoms with Crippen LogP contribution < -0.4 is 5.32 Å². The van der Waals surface area contributed by atoms with Crippen LogP contribution in [0, 0.1) is 22.3 Å². The van der Waals surface area contributed by atoms with Crippen molar-refractivity contribution in [1.29, 1.82) is 0 Å². The Bertz CT molecular complexity index is 1430. The molecule has 0 bridgehead atoms. The third-order valence-corrected chi connectivity index (χ3v) is 6.27. The standard InChI is InChI=1S/C21H16F2IN7O/c1-9-12(23)7-10-15(18-27-16(24)14-17(28-18)29-20(32)21(14,2)3)30-31(19(10)26-9)8-13-11(22)5-4-6-25-13/h4-7H,8H2,1-3H3,(H,27,28,29,32). The van der Waals surface area contributed by atoms with E-state index in [1.165, 1.54) is 29.1 Å². The van der Waals surface area contributed by atoms with Gasteiger partial charge in [-0.25, -0.2) is 28.4 Å². The first kappa shape index (κ1) is 20.8. The van der Waals surface area contributed by atoms with Crippen LogP contribution in [0.15, 0.2) is 24.4 Å². The molecule has 0 atom stereocenters. The third kappa shape index (κ3) is 3.14. The second-order valence-electron chi connectivity index (χ2n) is 8.01. The summed E-state index contributed by atoms with van der Waals surface area (Å²) in [6.45, 7) is 5.13. The van der Waals surface area contributed by atoms with Crippen LogP contribution in [-0.4, -0.2) is 35.6 Å². The number of aromatic nitrogens is 6. The van der Waals surface area contributed by atoms with Crippen LogP contribution in [0.1, 0.15) is 30.8 Å². The summed E-state index contributed by atoms with van der Waals surface area (Å²) in [5.74, 6) is -0.562. The quantitative estimate of drug-likeness (QED) is 0.310. The highest BCUT2D eigenvalue weighted by atomic mass is 127. The molecule has 5 heterocycles. The summed E-state index contributed by atoms with van der Waals surface area (Å²) in [4.78, 5) is 29.8. The zero-order chi connectivity index (χ0) is 22.8. The topological polar surface area (TPSA) is 98.5 Å². The van der Waals surface area contributed by atoms with E-state index in [0.29, 0.717) is 26.1 Å². The average Bonchev–Trinajstić information content (AvgIpc) is 3.18. The largest absolute Gasteiger partial charge is 0.310 e. The molecule has 4 aromatic rings. The van der Waals surface area contributed by atoms with Crippen LogP contribution in [0.25, 0.3) is 22.6 Å². The highest BCUT2D eigenvalue weighted by Gasteiger charge is 2.42. The van der Waals surface area contributed by atoms with Crippen molar-refractivity contribution < 1.29 is 13.6 Å². The van der Waals surface area contributed by atoms with Gasteiger partial charge >= 0.3 is 0 Å². The van der Waals surface area contributed by atoms with Gasteiger partial charge in [-0.1, -0.05) is 0 Å². The van der Waals surface area contributed by atoms with E-state index in [2.05, 4.69) is 52.9 Å². The number of amides is 1. The maximum atomic E-state index is 14.4. The lowest BCUT2D eigenvalue weighted by Gasteiger charge is -2.15. The van der Waals surface area contributed by atoms with Crippen LogP contribution >= 0.6 is 22.6 Å². The number of pyridine rings is 2. The lowest BCUT2D eigenvalue weighted by Crippen LogP contribution is -2.27. The Morgan fingerprint density at radius 2 is 1.97 bits per heavy atom. The molecule has 0 saturated heterocycles. The van der Waals surface area contributed by atoms with E-state index in [-0.39, 0.29) is 35.4 Å². The Morgan fingerprint density at radius 3 is 2.72 bits per heavy atom. The lowest BCUT2D eigenvalue weighted by atomic mass is 9.88. The van der Waals surface area contributed by atoms with Crippen molar-refractivity contribution in [1.82, 2.24) is 29.7 Å². The molecule has 0 unspecified atom stereocenters. The molecule has 11 heteroatoms. The second-order valence-corrected chi connectivity index (χ2v) is 9.03. The van der Waals surface area contributed by atoms with E-state index >= 15 is 0 Å². The zero-order valence-corrected chi connectivity index (χ0v) is 19.4. The smallest absolute Gasteiger partial charge is 0.235 e. The number of halogens is 3. The van der Waals surface area contributed by atoms with Crippen molar-refractivity contribution in [2.45, 2.75) is 32.7 Å². The maximum absolute atomic E-state index is 14.4. The monoisotopic (exact) mass is 547 g/mol. The molecule has 0 radical (unpaired) electrons. The first-order valence-electron chi connectivity index (χ1n) is 9.69. The highest BCUT2D eigenvalue weighted by molar-refractivity contribution is 14.1. The van der Waals surface area contributed by atoms with Crippen molar-refractivity contribution >= 4 is 45.3 Å².